The molecule has 1 aromatic heterocycles. The maximum absolute atomic E-state index is 13.6. The minimum atomic E-state index is -1.66. The fraction of sp³-hybridized carbons (Fsp3) is 0.167. The van der Waals surface area contributed by atoms with Gasteiger partial charge in [-0.3, -0.25) is 4.79 Å². The smallest absolute Gasteiger partial charge is 0.449 e. The monoisotopic (exact) mass is 347 g/mol. The number of carbonyl (C=O) groups is 1. The Morgan fingerprint density at radius 1 is 1.50 bits per heavy atom. The van der Waals surface area contributed by atoms with Gasteiger partial charge in [-0.1, -0.05) is 0 Å². The lowest BCUT2D eigenvalue weighted by Gasteiger charge is -2.13. The summed E-state index contributed by atoms with van der Waals surface area (Å²) in [7, 11) is 0. The quantitative estimate of drug-likeness (QED) is 0.669. The van der Waals surface area contributed by atoms with Gasteiger partial charge in [-0.2, -0.15) is 0 Å². The summed E-state index contributed by atoms with van der Waals surface area (Å²) < 4.78 is 32.5. The zero-order chi connectivity index (χ0) is 15.0. The van der Waals surface area contributed by atoms with Gasteiger partial charge in [-0.15, -0.1) is 0 Å². The van der Waals surface area contributed by atoms with Gasteiger partial charge >= 0.3 is 6.16 Å². The van der Waals surface area contributed by atoms with Crippen LogP contribution in [0.5, 0.6) is 5.75 Å². The van der Waals surface area contributed by atoms with E-state index in [1.165, 1.54) is 4.57 Å². The van der Waals surface area contributed by atoms with E-state index in [9.17, 15) is 18.4 Å². The normalized spacial score (nSPS) is 10.8. The van der Waals surface area contributed by atoms with Crippen LogP contribution in [0.1, 0.15) is 6.92 Å². The molecule has 106 valence electrons. The number of pyridine rings is 1. The largest absolute Gasteiger partial charge is 0.511 e. The van der Waals surface area contributed by atoms with Gasteiger partial charge in [0.15, 0.2) is 17.4 Å². The van der Waals surface area contributed by atoms with Gasteiger partial charge < -0.3 is 14.4 Å². The highest BCUT2D eigenvalue weighted by Gasteiger charge is 2.19. The van der Waals surface area contributed by atoms with Crippen LogP contribution in [-0.2, 0) is 6.54 Å². The van der Waals surface area contributed by atoms with Gasteiger partial charge in [-0.25, -0.2) is 13.6 Å². The molecule has 0 saturated heterocycles. The molecule has 0 fully saturated rings. The molecular weight excluding hydrogens is 340 g/mol. The lowest BCUT2D eigenvalue weighted by molar-refractivity contribution is 0.144. The molecule has 0 atom stereocenters. The molecule has 5 nitrogen and oxygen atoms in total. The van der Waals surface area contributed by atoms with Crippen molar-refractivity contribution in [2.24, 2.45) is 0 Å². The number of halogens is 3. The maximum Gasteiger partial charge on any atom is 0.511 e. The van der Waals surface area contributed by atoms with Crippen LogP contribution in [0, 0.1) is 11.6 Å². The lowest BCUT2D eigenvalue weighted by atomic mass is 10.2. The van der Waals surface area contributed by atoms with Crippen molar-refractivity contribution in [3.63, 3.8) is 0 Å². The highest BCUT2D eigenvalue weighted by Crippen LogP contribution is 2.28. The number of fused-ring (bicyclic) bond motifs is 1. The van der Waals surface area contributed by atoms with Crippen LogP contribution in [0.3, 0.4) is 0 Å². The number of hydrogen-bond acceptors (Lipinski definition) is 3. The predicted octanol–water partition coefficient (Wildman–Crippen LogP) is 3.12. The third-order valence-electron chi connectivity index (χ3n) is 2.70. The molecule has 8 heteroatoms. The number of carboxylic acid groups (broad SMARTS) is 1. The molecule has 0 aliphatic heterocycles. The molecule has 1 heterocycles. The summed E-state index contributed by atoms with van der Waals surface area (Å²) in [6.07, 6.45) is -0.522. The fourth-order valence-electron chi connectivity index (χ4n) is 1.85. The van der Waals surface area contributed by atoms with Gasteiger partial charge in [0.25, 0.3) is 0 Å². The van der Waals surface area contributed by atoms with Crippen molar-refractivity contribution in [1.29, 1.82) is 0 Å². The van der Waals surface area contributed by atoms with E-state index < -0.39 is 29.0 Å². The molecule has 0 aliphatic carbocycles. The van der Waals surface area contributed by atoms with E-state index in [4.69, 9.17) is 5.11 Å². The molecule has 2 rings (SSSR count). The third-order valence-corrected chi connectivity index (χ3v) is 3.43. The Balaban J connectivity index is 2.93. The Morgan fingerprint density at radius 2 is 2.15 bits per heavy atom. The van der Waals surface area contributed by atoms with Crippen LogP contribution in [0.4, 0.5) is 13.6 Å². The Labute approximate surface area is 119 Å². The lowest BCUT2D eigenvalue weighted by Crippen LogP contribution is -2.17. The zero-order valence-electron chi connectivity index (χ0n) is 10.1. The van der Waals surface area contributed by atoms with Crippen molar-refractivity contribution in [3.8, 4) is 5.75 Å². The summed E-state index contributed by atoms with van der Waals surface area (Å²) in [6, 6.07) is 0.721. The Kier molecular flexibility index (Phi) is 3.76. The summed E-state index contributed by atoms with van der Waals surface area (Å²) in [4.78, 5) is 22.6. The first-order valence-corrected chi connectivity index (χ1v) is 6.27. The molecular formula is C12H8BrF2NO4. The zero-order valence-corrected chi connectivity index (χ0v) is 11.7. The number of aromatic nitrogens is 1. The van der Waals surface area contributed by atoms with Crippen molar-refractivity contribution in [2.45, 2.75) is 13.5 Å². The number of aryl methyl sites for hydroxylation is 1. The fourth-order valence-corrected chi connectivity index (χ4v) is 2.48. The second-order valence-electron chi connectivity index (χ2n) is 3.86. The Morgan fingerprint density at radius 3 is 2.70 bits per heavy atom. The van der Waals surface area contributed by atoms with Crippen molar-refractivity contribution in [3.05, 3.63) is 38.6 Å². The summed E-state index contributed by atoms with van der Waals surface area (Å²) in [5.74, 6) is -2.80. The number of nitrogens with zero attached hydrogens (tertiary/aromatic N) is 1. The van der Waals surface area contributed by atoms with E-state index in [1.54, 1.807) is 6.92 Å². The van der Waals surface area contributed by atoms with Gasteiger partial charge in [-0.05, 0) is 28.9 Å². The Bertz CT molecular complexity index is 772. The first-order valence-electron chi connectivity index (χ1n) is 5.48. The highest BCUT2D eigenvalue weighted by atomic mass is 79.9. The average molecular weight is 348 g/mol. The first kappa shape index (κ1) is 14.4. The summed E-state index contributed by atoms with van der Waals surface area (Å²) in [6.45, 7) is 2.00. The van der Waals surface area contributed by atoms with E-state index in [-0.39, 0.29) is 15.4 Å². The number of benzene rings is 1. The molecule has 0 amide bonds. The van der Waals surface area contributed by atoms with Crippen molar-refractivity contribution >= 4 is 33.0 Å². The van der Waals surface area contributed by atoms with Crippen molar-refractivity contribution < 1.29 is 23.4 Å². The average Bonchev–Trinajstić information content (AvgIpc) is 2.39. The van der Waals surface area contributed by atoms with Gasteiger partial charge in [0.05, 0.1) is 21.6 Å². The van der Waals surface area contributed by atoms with Crippen LogP contribution < -0.4 is 10.2 Å². The predicted molar refractivity (Wildman–Crippen MR) is 70.2 cm³/mol. The molecule has 0 radical (unpaired) electrons. The van der Waals surface area contributed by atoms with E-state index in [2.05, 4.69) is 20.7 Å². The molecule has 1 N–H and O–H groups in total. The van der Waals surface area contributed by atoms with E-state index in [1.807, 2.05) is 0 Å². The molecule has 20 heavy (non-hydrogen) atoms. The Hall–Kier alpha value is -1.96. The molecule has 0 unspecified atom stereocenters. The van der Waals surface area contributed by atoms with Crippen LogP contribution in [0.25, 0.3) is 10.9 Å². The minimum absolute atomic E-state index is 0.133. The van der Waals surface area contributed by atoms with Crippen LogP contribution >= 0.6 is 15.9 Å². The first-order chi connectivity index (χ1) is 9.36. The van der Waals surface area contributed by atoms with Crippen molar-refractivity contribution in [2.75, 3.05) is 0 Å². The van der Waals surface area contributed by atoms with Crippen LogP contribution in [0.15, 0.2) is 21.5 Å². The number of rotatable bonds is 2. The second-order valence-corrected chi connectivity index (χ2v) is 4.65. The molecule has 0 aliphatic rings. The summed E-state index contributed by atoms with van der Waals surface area (Å²) >= 11 is 2.90. The molecule has 0 bridgehead atoms. The van der Waals surface area contributed by atoms with Gasteiger partial charge in [0, 0.05) is 6.54 Å². The summed E-state index contributed by atoms with van der Waals surface area (Å²) in [5, 5.41) is 8.40. The summed E-state index contributed by atoms with van der Waals surface area (Å²) in [5.41, 5.74) is -0.694. The maximum atomic E-state index is 13.6. The SMILES string of the molecule is CCn1cc(OC(=O)O)c(=O)c2cc(F)c(F)c(Br)c21. The number of ether oxygens (including phenoxy) is 1. The van der Waals surface area contributed by atoms with Gasteiger partial charge in [0.2, 0.25) is 5.43 Å². The standard InChI is InChI=1S/C12H8BrF2NO4/c1-2-16-4-7(20-12(18)19)11(17)5-3-6(14)9(15)8(13)10(5)16/h3-4H,2H2,1H3,(H,18,19). The van der Waals surface area contributed by atoms with E-state index >= 15 is 0 Å². The highest BCUT2D eigenvalue weighted by molar-refractivity contribution is 9.10. The van der Waals surface area contributed by atoms with E-state index in [0.29, 0.717) is 6.54 Å². The molecule has 1 aromatic carbocycles. The van der Waals surface area contributed by atoms with Crippen LogP contribution in [0.2, 0.25) is 0 Å². The third kappa shape index (κ3) is 2.26. The molecule has 0 spiro atoms. The topological polar surface area (TPSA) is 68.5 Å². The van der Waals surface area contributed by atoms with Crippen molar-refractivity contribution in [1.82, 2.24) is 4.57 Å². The second kappa shape index (κ2) is 5.20. The van der Waals surface area contributed by atoms with Crippen LogP contribution in [-0.4, -0.2) is 15.8 Å². The van der Waals surface area contributed by atoms with Gasteiger partial charge in [0.1, 0.15) is 0 Å². The molecule has 0 saturated carbocycles. The number of hydrogen-bond donors (Lipinski definition) is 1. The minimum Gasteiger partial charge on any atom is -0.449 e. The van der Waals surface area contributed by atoms with E-state index in [0.717, 1.165) is 12.3 Å². The molecule has 2 aromatic rings.